The van der Waals surface area contributed by atoms with Crippen molar-refractivity contribution in [3.05, 3.63) is 0 Å². The average Bonchev–Trinajstić information content (AvgIpc) is 2.32. The van der Waals surface area contributed by atoms with E-state index in [9.17, 15) is 0 Å². The van der Waals surface area contributed by atoms with Crippen molar-refractivity contribution in [3.63, 3.8) is 0 Å². The van der Waals surface area contributed by atoms with Crippen LogP contribution in [-0.2, 0) is 0 Å². The summed E-state index contributed by atoms with van der Waals surface area (Å²) < 4.78 is 0. The fourth-order valence-corrected chi connectivity index (χ4v) is 2.45. The molecule has 3 nitrogen and oxygen atoms in total. The summed E-state index contributed by atoms with van der Waals surface area (Å²) >= 11 is 2.01. The first kappa shape index (κ1) is 11.3. The highest BCUT2D eigenvalue weighted by molar-refractivity contribution is 7.99. The maximum atomic E-state index is 8.93. The first-order valence-corrected chi connectivity index (χ1v) is 6.11. The van der Waals surface area contributed by atoms with E-state index in [1.54, 1.807) is 0 Å². The van der Waals surface area contributed by atoms with Crippen molar-refractivity contribution in [1.82, 2.24) is 10.4 Å². The van der Waals surface area contributed by atoms with Crippen molar-refractivity contribution in [1.29, 1.82) is 0 Å². The van der Waals surface area contributed by atoms with Gasteiger partial charge in [0.2, 0.25) is 0 Å². The van der Waals surface area contributed by atoms with Gasteiger partial charge in [0.1, 0.15) is 0 Å². The van der Waals surface area contributed by atoms with Crippen LogP contribution in [0.4, 0.5) is 0 Å². The van der Waals surface area contributed by atoms with Crippen molar-refractivity contribution in [2.75, 3.05) is 24.7 Å². The highest BCUT2D eigenvalue weighted by Gasteiger charge is 2.17. The number of aliphatic hydroxyl groups is 1. The van der Waals surface area contributed by atoms with Crippen molar-refractivity contribution in [2.45, 2.75) is 32.4 Å². The van der Waals surface area contributed by atoms with Crippen molar-refractivity contribution >= 4 is 11.8 Å². The molecule has 13 heavy (non-hydrogen) atoms. The van der Waals surface area contributed by atoms with Gasteiger partial charge in [-0.1, -0.05) is 0 Å². The van der Waals surface area contributed by atoms with Crippen LogP contribution < -0.4 is 5.43 Å². The van der Waals surface area contributed by atoms with Crippen molar-refractivity contribution in [3.8, 4) is 0 Å². The molecule has 1 rings (SSSR count). The van der Waals surface area contributed by atoms with E-state index in [2.05, 4.69) is 17.4 Å². The summed E-state index contributed by atoms with van der Waals surface area (Å²) in [6.07, 6.45) is 1.23. The number of hydrazine groups is 1. The summed E-state index contributed by atoms with van der Waals surface area (Å²) in [7, 11) is 0. The molecular formula is C9H20N2OS. The second-order valence-electron chi connectivity index (χ2n) is 3.66. The molecule has 0 aromatic heterocycles. The van der Waals surface area contributed by atoms with Gasteiger partial charge in [0.15, 0.2) is 0 Å². The fourth-order valence-electron chi connectivity index (χ4n) is 1.41. The Morgan fingerprint density at radius 3 is 3.08 bits per heavy atom. The van der Waals surface area contributed by atoms with Gasteiger partial charge in [0.05, 0.1) is 6.61 Å². The van der Waals surface area contributed by atoms with Gasteiger partial charge in [0, 0.05) is 24.4 Å². The summed E-state index contributed by atoms with van der Waals surface area (Å²) in [6, 6.07) is 0.759. The number of nitrogens with one attached hydrogen (secondary N) is 1. The molecule has 1 heterocycles. The summed E-state index contributed by atoms with van der Waals surface area (Å²) in [5, 5.41) is 11.2. The zero-order valence-electron chi connectivity index (χ0n) is 8.49. The molecule has 78 valence electrons. The predicted molar refractivity (Wildman–Crippen MR) is 57.8 cm³/mol. The van der Waals surface area contributed by atoms with Gasteiger partial charge in [-0.05, 0) is 26.0 Å². The molecule has 0 saturated carbocycles. The third kappa shape index (κ3) is 3.85. The minimum Gasteiger partial charge on any atom is -0.395 e. The van der Waals surface area contributed by atoms with Crippen LogP contribution in [0, 0.1) is 0 Å². The molecule has 0 aromatic rings. The largest absolute Gasteiger partial charge is 0.395 e. The Labute approximate surface area is 84.9 Å². The molecule has 2 N–H and O–H groups in total. The van der Waals surface area contributed by atoms with Gasteiger partial charge in [-0.25, -0.2) is 10.4 Å². The Morgan fingerprint density at radius 1 is 1.62 bits per heavy atom. The van der Waals surface area contributed by atoms with Crippen LogP contribution in [0.25, 0.3) is 0 Å². The Balaban J connectivity index is 2.35. The minimum absolute atomic E-state index is 0.172. The highest BCUT2D eigenvalue weighted by atomic mass is 32.2. The van der Waals surface area contributed by atoms with Gasteiger partial charge < -0.3 is 5.11 Å². The molecule has 4 heteroatoms. The molecule has 1 aliphatic heterocycles. The predicted octanol–water partition coefficient (Wildman–Crippen LogP) is 0.699. The Morgan fingerprint density at radius 2 is 2.38 bits per heavy atom. The van der Waals surface area contributed by atoms with E-state index < -0.39 is 0 Å². The summed E-state index contributed by atoms with van der Waals surface area (Å²) in [5.41, 5.74) is 3.33. The highest BCUT2D eigenvalue weighted by Crippen LogP contribution is 2.14. The summed E-state index contributed by atoms with van der Waals surface area (Å²) in [5.74, 6) is 2.45. The molecule has 0 bridgehead atoms. The van der Waals surface area contributed by atoms with E-state index in [0.717, 1.165) is 6.54 Å². The molecule has 0 aliphatic carbocycles. The van der Waals surface area contributed by atoms with Crippen LogP contribution in [0.2, 0.25) is 0 Å². The number of rotatable bonds is 3. The smallest absolute Gasteiger partial charge is 0.0595 e. The van der Waals surface area contributed by atoms with E-state index in [1.807, 2.05) is 18.7 Å². The van der Waals surface area contributed by atoms with Crippen LogP contribution in [0.3, 0.4) is 0 Å². The lowest BCUT2D eigenvalue weighted by Crippen LogP contribution is -2.49. The van der Waals surface area contributed by atoms with Gasteiger partial charge in [-0.2, -0.15) is 11.8 Å². The number of thioether (sulfide) groups is 1. The number of nitrogens with zero attached hydrogens (tertiary/aromatic N) is 1. The lowest BCUT2D eigenvalue weighted by Gasteiger charge is -2.29. The lowest BCUT2D eigenvalue weighted by molar-refractivity contribution is 0.0977. The second kappa shape index (κ2) is 5.86. The first-order chi connectivity index (χ1) is 6.24. The molecule has 2 unspecified atom stereocenters. The molecule has 0 radical (unpaired) electrons. The third-order valence-electron chi connectivity index (χ3n) is 2.35. The quantitative estimate of drug-likeness (QED) is 0.709. The molecule has 1 aliphatic rings. The zero-order chi connectivity index (χ0) is 9.68. The second-order valence-corrected chi connectivity index (χ2v) is 4.88. The zero-order valence-corrected chi connectivity index (χ0v) is 9.31. The topological polar surface area (TPSA) is 35.5 Å². The Kier molecular flexibility index (Phi) is 5.09. The molecule has 1 saturated heterocycles. The van der Waals surface area contributed by atoms with Crippen LogP contribution in [0.15, 0.2) is 0 Å². The lowest BCUT2D eigenvalue weighted by atomic mass is 10.2. The van der Waals surface area contributed by atoms with E-state index in [-0.39, 0.29) is 12.6 Å². The van der Waals surface area contributed by atoms with Gasteiger partial charge in [-0.15, -0.1) is 0 Å². The Hall–Kier alpha value is 0.230. The maximum absolute atomic E-state index is 8.93. The van der Waals surface area contributed by atoms with Crippen LogP contribution >= 0.6 is 11.8 Å². The normalized spacial score (nSPS) is 28.4. The van der Waals surface area contributed by atoms with Gasteiger partial charge in [-0.3, -0.25) is 0 Å². The van der Waals surface area contributed by atoms with Gasteiger partial charge >= 0.3 is 0 Å². The molecule has 1 fully saturated rings. The van der Waals surface area contributed by atoms with Crippen molar-refractivity contribution < 1.29 is 5.11 Å². The summed E-state index contributed by atoms with van der Waals surface area (Å²) in [4.78, 5) is 0. The van der Waals surface area contributed by atoms with Gasteiger partial charge in [0.25, 0.3) is 0 Å². The minimum atomic E-state index is 0.172. The molecule has 0 aromatic carbocycles. The van der Waals surface area contributed by atoms with Crippen molar-refractivity contribution in [2.24, 2.45) is 0 Å². The number of hydrogen-bond donors (Lipinski definition) is 2. The molecule has 2 atom stereocenters. The summed E-state index contributed by atoms with van der Waals surface area (Å²) in [6.45, 7) is 5.53. The Bertz CT molecular complexity index is 146. The van der Waals surface area contributed by atoms with E-state index in [0.29, 0.717) is 6.04 Å². The third-order valence-corrected chi connectivity index (χ3v) is 3.34. The monoisotopic (exact) mass is 204 g/mol. The molecule has 0 amide bonds. The van der Waals surface area contributed by atoms with Crippen LogP contribution in [0.5, 0.6) is 0 Å². The maximum Gasteiger partial charge on any atom is 0.0595 e. The number of hydrogen-bond acceptors (Lipinski definition) is 4. The van der Waals surface area contributed by atoms with Crippen LogP contribution in [-0.4, -0.2) is 46.9 Å². The molecular weight excluding hydrogens is 184 g/mol. The molecule has 0 spiro atoms. The van der Waals surface area contributed by atoms with E-state index >= 15 is 0 Å². The number of aliphatic hydroxyl groups excluding tert-OH is 1. The average molecular weight is 204 g/mol. The van der Waals surface area contributed by atoms with Crippen LogP contribution in [0.1, 0.15) is 20.3 Å². The van der Waals surface area contributed by atoms with E-state index in [4.69, 9.17) is 5.11 Å². The first-order valence-electron chi connectivity index (χ1n) is 4.95. The standard InChI is InChI=1S/C9H20N2OS/c1-8(7-12)10-11-4-6-13-5-3-9(11)2/h8-10,12H,3-7H2,1-2H3. The SMILES string of the molecule is CC(CO)NN1CCSCCC1C. The van der Waals surface area contributed by atoms with E-state index in [1.165, 1.54) is 17.9 Å². The fraction of sp³-hybridized carbons (Fsp3) is 1.00.